The first-order valence-corrected chi connectivity index (χ1v) is 10.7. The molecule has 0 saturated carbocycles. The molecule has 0 aliphatic heterocycles. The van der Waals surface area contributed by atoms with Crippen LogP contribution in [0.4, 0.5) is 0 Å². The SMILES string of the molecule is Cc1ccc(S(=O)(=O)N[C@H](CC(=O)[O-])c2cccc(OCCC(C)C)c2)cc1. The predicted molar refractivity (Wildman–Crippen MR) is 105 cm³/mol. The molecule has 1 atom stereocenters. The number of rotatable bonds is 10. The highest BCUT2D eigenvalue weighted by Crippen LogP contribution is 2.24. The molecular weight excluding hydrogens is 378 g/mol. The predicted octanol–water partition coefficient (Wildman–Crippen LogP) is 2.58. The molecule has 0 radical (unpaired) electrons. The van der Waals surface area contributed by atoms with Gasteiger partial charge in [-0.25, -0.2) is 13.1 Å². The minimum absolute atomic E-state index is 0.0748. The van der Waals surface area contributed by atoms with E-state index in [2.05, 4.69) is 18.6 Å². The van der Waals surface area contributed by atoms with Gasteiger partial charge in [-0.1, -0.05) is 43.7 Å². The maximum Gasteiger partial charge on any atom is 0.241 e. The zero-order chi connectivity index (χ0) is 20.7. The van der Waals surface area contributed by atoms with E-state index >= 15 is 0 Å². The van der Waals surface area contributed by atoms with Crippen LogP contribution in [0.5, 0.6) is 5.75 Å². The van der Waals surface area contributed by atoms with Gasteiger partial charge in [-0.3, -0.25) is 0 Å². The van der Waals surface area contributed by atoms with E-state index in [0.717, 1.165) is 12.0 Å². The highest BCUT2D eigenvalue weighted by Gasteiger charge is 2.22. The van der Waals surface area contributed by atoms with Gasteiger partial charge in [0.15, 0.2) is 0 Å². The zero-order valence-corrected chi connectivity index (χ0v) is 17.2. The van der Waals surface area contributed by atoms with Gasteiger partial charge >= 0.3 is 0 Å². The normalized spacial score (nSPS) is 12.7. The van der Waals surface area contributed by atoms with Gasteiger partial charge in [0.05, 0.1) is 17.5 Å². The highest BCUT2D eigenvalue weighted by atomic mass is 32.2. The molecule has 1 N–H and O–H groups in total. The molecule has 0 unspecified atom stereocenters. The van der Waals surface area contributed by atoms with Crippen molar-refractivity contribution >= 4 is 16.0 Å². The van der Waals surface area contributed by atoms with E-state index in [9.17, 15) is 18.3 Å². The van der Waals surface area contributed by atoms with Crippen molar-refractivity contribution < 1.29 is 23.1 Å². The number of hydrogen-bond acceptors (Lipinski definition) is 5. The lowest BCUT2D eigenvalue weighted by Gasteiger charge is -2.20. The molecule has 0 fully saturated rings. The molecule has 0 aromatic heterocycles. The van der Waals surface area contributed by atoms with Gasteiger partial charge in [-0.2, -0.15) is 0 Å². The van der Waals surface area contributed by atoms with Gasteiger partial charge in [-0.05, 0) is 49.1 Å². The second-order valence-electron chi connectivity index (χ2n) is 7.17. The smallest absolute Gasteiger partial charge is 0.241 e. The number of carboxylic acids is 1. The van der Waals surface area contributed by atoms with Crippen molar-refractivity contribution in [1.29, 1.82) is 0 Å². The van der Waals surface area contributed by atoms with Crippen LogP contribution in [0.3, 0.4) is 0 Å². The number of nitrogens with one attached hydrogen (secondary N) is 1. The Morgan fingerprint density at radius 2 is 1.82 bits per heavy atom. The van der Waals surface area contributed by atoms with Crippen LogP contribution in [-0.4, -0.2) is 21.0 Å². The number of carbonyl (C=O) groups excluding carboxylic acids is 1. The maximum atomic E-state index is 12.7. The summed E-state index contributed by atoms with van der Waals surface area (Å²) in [7, 11) is -3.89. The molecule has 0 saturated heterocycles. The molecule has 2 aromatic carbocycles. The van der Waals surface area contributed by atoms with Crippen molar-refractivity contribution in [3.05, 3.63) is 59.7 Å². The average molecular weight is 405 g/mol. The van der Waals surface area contributed by atoms with Crippen LogP contribution >= 0.6 is 0 Å². The summed E-state index contributed by atoms with van der Waals surface area (Å²) in [5.41, 5.74) is 1.43. The summed E-state index contributed by atoms with van der Waals surface area (Å²) in [6.45, 7) is 6.57. The summed E-state index contributed by atoms with van der Waals surface area (Å²) >= 11 is 0. The third-order valence-corrected chi connectivity index (χ3v) is 5.71. The topological polar surface area (TPSA) is 95.5 Å². The van der Waals surface area contributed by atoms with E-state index in [1.165, 1.54) is 12.1 Å². The van der Waals surface area contributed by atoms with Gasteiger partial charge in [0, 0.05) is 12.4 Å². The third kappa shape index (κ3) is 6.65. The summed E-state index contributed by atoms with van der Waals surface area (Å²) < 4.78 is 33.5. The fourth-order valence-electron chi connectivity index (χ4n) is 2.60. The zero-order valence-electron chi connectivity index (χ0n) is 16.3. The lowest BCUT2D eigenvalue weighted by atomic mass is 10.0. The minimum atomic E-state index is -3.89. The maximum absolute atomic E-state index is 12.7. The van der Waals surface area contributed by atoms with Gasteiger partial charge in [0.2, 0.25) is 10.0 Å². The Balaban J connectivity index is 2.23. The fraction of sp³-hybridized carbons (Fsp3) is 0.381. The second-order valence-corrected chi connectivity index (χ2v) is 8.88. The molecule has 0 amide bonds. The molecule has 2 rings (SSSR count). The van der Waals surface area contributed by atoms with E-state index in [0.29, 0.717) is 23.8 Å². The van der Waals surface area contributed by atoms with E-state index in [-0.39, 0.29) is 4.90 Å². The number of hydrogen-bond donors (Lipinski definition) is 1. The van der Waals surface area contributed by atoms with Crippen molar-refractivity contribution in [2.75, 3.05) is 6.61 Å². The monoisotopic (exact) mass is 404 g/mol. The summed E-state index contributed by atoms with van der Waals surface area (Å²) in [5, 5.41) is 11.2. The van der Waals surface area contributed by atoms with Gasteiger partial charge in [0.25, 0.3) is 0 Å². The summed E-state index contributed by atoms with van der Waals surface area (Å²) in [4.78, 5) is 11.3. The Bertz CT molecular complexity index is 891. The Morgan fingerprint density at radius 3 is 2.43 bits per heavy atom. The van der Waals surface area contributed by atoms with E-state index in [4.69, 9.17) is 4.74 Å². The first-order chi connectivity index (χ1) is 13.2. The Labute approximate surface area is 166 Å². The second kappa shape index (κ2) is 9.71. The van der Waals surface area contributed by atoms with Gasteiger partial charge in [0.1, 0.15) is 5.75 Å². The first kappa shape index (κ1) is 21.9. The minimum Gasteiger partial charge on any atom is -0.550 e. The number of ether oxygens (including phenoxy) is 1. The molecule has 6 nitrogen and oxygen atoms in total. The molecule has 2 aromatic rings. The molecule has 0 aliphatic rings. The Morgan fingerprint density at radius 1 is 1.14 bits per heavy atom. The first-order valence-electron chi connectivity index (χ1n) is 9.19. The van der Waals surface area contributed by atoms with Gasteiger partial charge < -0.3 is 14.6 Å². The highest BCUT2D eigenvalue weighted by molar-refractivity contribution is 7.89. The van der Waals surface area contributed by atoms with Crippen LogP contribution in [0.25, 0.3) is 0 Å². The molecule has 152 valence electrons. The van der Waals surface area contributed by atoms with Crippen molar-refractivity contribution in [2.24, 2.45) is 5.92 Å². The van der Waals surface area contributed by atoms with Crippen molar-refractivity contribution in [1.82, 2.24) is 4.72 Å². The van der Waals surface area contributed by atoms with Crippen molar-refractivity contribution in [3.8, 4) is 5.75 Å². The molecule has 0 spiro atoms. The largest absolute Gasteiger partial charge is 0.550 e. The number of carbonyl (C=O) groups is 1. The molecule has 0 bridgehead atoms. The van der Waals surface area contributed by atoms with Crippen LogP contribution < -0.4 is 14.6 Å². The molecule has 0 aliphatic carbocycles. The van der Waals surface area contributed by atoms with Crippen LogP contribution in [0.2, 0.25) is 0 Å². The van der Waals surface area contributed by atoms with Crippen LogP contribution in [0.1, 0.15) is 43.9 Å². The number of carboxylic acid groups (broad SMARTS) is 1. The molecule has 0 heterocycles. The van der Waals surface area contributed by atoms with Gasteiger partial charge in [-0.15, -0.1) is 0 Å². The fourth-order valence-corrected chi connectivity index (χ4v) is 3.82. The van der Waals surface area contributed by atoms with Crippen molar-refractivity contribution in [2.45, 2.75) is 44.6 Å². The Kier molecular flexibility index (Phi) is 7.60. The number of benzene rings is 2. The van der Waals surface area contributed by atoms with E-state index in [1.54, 1.807) is 36.4 Å². The standard InChI is InChI=1S/C21H27NO5S/c1-15(2)11-12-27-18-6-4-5-17(13-18)20(14-21(23)24)22-28(25,26)19-9-7-16(3)8-10-19/h4-10,13,15,20,22H,11-12,14H2,1-3H3,(H,23,24)/p-1/t20-/m1/s1. The quantitative estimate of drug-likeness (QED) is 0.657. The summed E-state index contributed by atoms with van der Waals surface area (Å²) in [6, 6.07) is 12.2. The van der Waals surface area contributed by atoms with E-state index in [1.807, 2.05) is 6.92 Å². The number of aryl methyl sites for hydroxylation is 1. The summed E-state index contributed by atoms with van der Waals surface area (Å²) in [6.07, 6.45) is 0.396. The van der Waals surface area contributed by atoms with E-state index < -0.39 is 28.5 Å². The molecular formula is C21H26NO5S-. The Hall–Kier alpha value is -2.38. The van der Waals surface area contributed by atoms with Crippen LogP contribution in [-0.2, 0) is 14.8 Å². The van der Waals surface area contributed by atoms with Crippen LogP contribution in [0, 0.1) is 12.8 Å². The molecule has 28 heavy (non-hydrogen) atoms. The average Bonchev–Trinajstić information content (AvgIpc) is 2.61. The summed E-state index contributed by atoms with van der Waals surface area (Å²) in [5.74, 6) is -0.283. The lowest BCUT2D eigenvalue weighted by molar-refractivity contribution is -0.306. The number of aliphatic carboxylic acids is 1. The molecule has 7 heteroatoms. The lowest BCUT2D eigenvalue weighted by Crippen LogP contribution is -2.34. The van der Waals surface area contributed by atoms with Crippen LogP contribution in [0.15, 0.2) is 53.4 Å². The third-order valence-electron chi connectivity index (χ3n) is 4.22. The number of sulfonamides is 1. The van der Waals surface area contributed by atoms with Crippen molar-refractivity contribution in [3.63, 3.8) is 0 Å².